The van der Waals surface area contributed by atoms with E-state index in [2.05, 4.69) is 36.4 Å². The Labute approximate surface area is 160 Å². The van der Waals surface area contributed by atoms with Gasteiger partial charge in [-0.05, 0) is 31.2 Å². The molecule has 0 amide bonds. The highest BCUT2D eigenvalue weighted by molar-refractivity contribution is 7.99. The van der Waals surface area contributed by atoms with Crippen LogP contribution in [0.4, 0.5) is 0 Å². The number of rotatable bonds is 7. The molecule has 9 heteroatoms. The van der Waals surface area contributed by atoms with Crippen molar-refractivity contribution >= 4 is 23.1 Å². The molecule has 4 heterocycles. The van der Waals surface area contributed by atoms with Crippen molar-refractivity contribution in [3.8, 4) is 10.7 Å². The number of thioether (sulfide) groups is 1. The Bertz CT molecular complexity index is 839. The summed E-state index contributed by atoms with van der Waals surface area (Å²) >= 11 is 3.26. The Hall–Kier alpha value is -1.71. The number of thiophene rings is 1. The summed E-state index contributed by atoms with van der Waals surface area (Å²) < 4.78 is 13.4. The standard InChI is InChI=1S/C17H21N5O2S2/c1-3-14-18-16(24-21-14)11(2)26-17-20-19-15(13-7-5-9-25-13)22(17)10-12-6-4-8-23-12/h5,7,9,11-12H,3-4,6,8,10H2,1-2H3. The number of nitrogens with zero attached hydrogens (tertiary/aromatic N) is 5. The van der Waals surface area contributed by atoms with Crippen LogP contribution in [0, 0.1) is 0 Å². The lowest BCUT2D eigenvalue weighted by atomic mass is 10.2. The maximum Gasteiger partial charge on any atom is 0.239 e. The van der Waals surface area contributed by atoms with E-state index in [4.69, 9.17) is 9.26 Å². The van der Waals surface area contributed by atoms with Crippen molar-refractivity contribution < 1.29 is 9.26 Å². The smallest absolute Gasteiger partial charge is 0.239 e. The first-order chi connectivity index (χ1) is 12.7. The van der Waals surface area contributed by atoms with E-state index in [0.29, 0.717) is 5.89 Å². The topological polar surface area (TPSA) is 78.9 Å². The summed E-state index contributed by atoms with van der Waals surface area (Å²) in [5.41, 5.74) is 0. The summed E-state index contributed by atoms with van der Waals surface area (Å²) in [7, 11) is 0. The van der Waals surface area contributed by atoms with Gasteiger partial charge in [-0.1, -0.05) is 29.9 Å². The van der Waals surface area contributed by atoms with E-state index in [1.54, 1.807) is 23.1 Å². The Balaban J connectivity index is 1.60. The summed E-state index contributed by atoms with van der Waals surface area (Å²) in [5.74, 6) is 2.24. The van der Waals surface area contributed by atoms with Gasteiger partial charge in [0, 0.05) is 13.0 Å². The minimum Gasteiger partial charge on any atom is -0.376 e. The molecule has 2 atom stereocenters. The van der Waals surface area contributed by atoms with Crippen LogP contribution in [-0.4, -0.2) is 37.6 Å². The fourth-order valence-electron chi connectivity index (χ4n) is 2.91. The summed E-state index contributed by atoms with van der Waals surface area (Å²) in [5, 5.41) is 15.8. The monoisotopic (exact) mass is 391 g/mol. The molecule has 3 aromatic rings. The number of ether oxygens (including phenoxy) is 1. The molecule has 0 aliphatic carbocycles. The maximum absolute atomic E-state index is 5.84. The lowest BCUT2D eigenvalue weighted by Crippen LogP contribution is -2.16. The molecule has 3 aromatic heterocycles. The second kappa shape index (κ2) is 7.89. The predicted molar refractivity (Wildman–Crippen MR) is 100 cm³/mol. The van der Waals surface area contributed by atoms with Crippen molar-refractivity contribution in [3.05, 3.63) is 29.2 Å². The molecule has 0 spiro atoms. The Morgan fingerprint density at radius 2 is 2.35 bits per heavy atom. The highest BCUT2D eigenvalue weighted by Crippen LogP contribution is 2.36. The largest absolute Gasteiger partial charge is 0.376 e. The lowest BCUT2D eigenvalue weighted by Gasteiger charge is -2.15. The van der Waals surface area contributed by atoms with Gasteiger partial charge in [-0.25, -0.2) is 0 Å². The predicted octanol–water partition coefficient (Wildman–Crippen LogP) is 3.98. The SMILES string of the molecule is CCc1noc(C(C)Sc2nnc(-c3cccs3)n2CC2CCCO2)n1. The third-order valence-electron chi connectivity index (χ3n) is 4.30. The van der Waals surface area contributed by atoms with E-state index in [1.165, 1.54) is 0 Å². The van der Waals surface area contributed by atoms with E-state index in [1.807, 2.05) is 19.9 Å². The second-order valence-electron chi connectivity index (χ2n) is 6.19. The summed E-state index contributed by atoms with van der Waals surface area (Å²) in [6.07, 6.45) is 3.17. The highest BCUT2D eigenvalue weighted by atomic mass is 32.2. The molecule has 1 fully saturated rings. The molecular weight excluding hydrogens is 370 g/mol. The van der Waals surface area contributed by atoms with Crippen LogP contribution in [0.15, 0.2) is 27.2 Å². The van der Waals surface area contributed by atoms with Crippen molar-refractivity contribution in [2.45, 2.75) is 56.2 Å². The average molecular weight is 392 g/mol. The number of hydrogen-bond acceptors (Lipinski definition) is 8. The molecule has 1 saturated heterocycles. The van der Waals surface area contributed by atoms with Gasteiger partial charge in [0.15, 0.2) is 16.8 Å². The van der Waals surface area contributed by atoms with Gasteiger partial charge in [0.2, 0.25) is 5.89 Å². The minimum absolute atomic E-state index is 0.00596. The maximum atomic E-state index is 5.84. The Morgan fingerprint density at radius 1 is 1.42 bits per heavy atom. The molecule has 0 saturated carbocycles. The van der Waals surface area contributed by atoms with Gasteiger partial charge in [-0.15, -0.1) is 21.5 Å². The first-order valence-electron chi connectivity index (χ1n) is 8.82. The molecule has 2 unspecified atom stereocenters. The number of hydrogen-bond donors (Lipinski definition) is 0. The van der Waals surface area contributed by atoms with Crippen LogP contribution in [0.25, 0.3) is 10.7 Å². The molecule has 0 N–H and O–H groups in total. The van der Waals surface area contributed by atoms with Crippen molar-refractivity contribution in [2.24, 2.45) is 0 Å². The van der Waals surface area contributed by atoms with E-state index in [-0.39, 0.29) is 11.4 Å². The quantitative estimate of drug-likeness (QED) is 0.564. The average Bonchev–Trinajstić information content (AvgIpc) is 3.44. The minimum atomic E-state index is 0.00596. The second-order valence-corrected chi connectivity index (χ2v) is 8.45. The first kappa shape index (κ1) is 17.7. The third-order valence-corrected chi connectivity index (χ3v) is 6.23. The van der Waals surface area contributed by atoms with Crippen molar-refractivity contribution in [3.63, 3.8) is 0 Å². The fourth-order valence-corrected chi connectivity index (χ4v) is 4.51. The molecule has 26 heavy (non-hydrogen) atoms. The van der Waals surface area contributed by atoms with Crippen LogP contribution >= 0.6 is 23.1 Å². The van der Waals surface area contributed by atoms with Crippen LogP contribution in [0.1, 0.15) is 43.7 Å². The lowest BCUT2D eigenvalue weighted by molar-refractivity contribution is 0.0953. The molecule has 7 nitrogen and oxygen atoms in total. The van der Waals surface area contributed by atoms with Crippen LogP contribution in [0.5, 0.6) is 0 Å². The van der Waals surface area contributed by atoms with Gasteiger partial charge >= 0.3 is 0 Å². The zero-order valence-electron chi connectivity index (χ0n) is 14.8. The highest BCUT2D eigenvalue weighted by Gasteiger charge is 2.25. The van der Waals surface area contributed by atoms with Gasteiger partial charge in [0.25, 0.3) is 0 Å². The molecule has 0 bridgehead atoms. The van der Waals surface area contributed by atoms with E-state index in [0.717, 1.165) is 54.1 Å². The summed E-state index contributed by atoms with van der Waals surface area (Å²) in [6.45, 7) is 5.66. The van der Waals surface area contributed by atoms with Crippen LogP contribution in [0.3, 0.4) is 0 Å². The van der Waals surface area contributed by atoms with Crippen molar-refractivity contribution in [2.75, 3.05) is 6.61 Å². The van der Waals surface area contributed by atoms with Crippen molar-refractivity contribution in [1.82, 2.24) is 24.9 Å². The molecule has 1 aliphatic heterocycles. The van der Waals surface area contributed by atoms with E-state index < -0.39 is 0 Å². The van der Waals surface area contributed by atoms with Crippen molar-refractivity contribution in [1.29, 1.82) is 0 Å². The Kier molecular flexibility index (Phi) is 5.37. The zero-order chi connectivity index (χ0) is 17.9. The number of aromatic nitrogens is 5. The fraction of sp³-hybridized carbons (Fsp3) is 0.529. The summed E-state index contributed by atoms with van der Waals surface area (Å²) in [4.78, 5) is 5.55. The zero-order valence-corrected chi connectivity index (χ0v) is 16.4. The van der Waals surface area contributed by atoms with Crippen LogP contribution in [-0.2, 0) is 17.7 Å². The molecule has 1 aliphatic rings. The van der Waals surface area contributed by atoms with Gasteiger partial charge in [0.05, 0.1) is 22.8 Å². The molecule has 0 aromatic carbocycles. The van der Waals surface area contributed by atoms with Gasteiger partial charge in [-0.2, -0.15) is 4.98 Å². The molecule has 138 valence electrons. The normalized spacial score (nSPS) is 18.5. The van der Waals surface area contributed by atoms with E-state index in [9.17, 15) is 0 Å². The van der Waals surface area contributed by atoms with Gasteiger partial charge in [-0.3, -0.25) is 4.57 Å². The van der Waals surface area contributed by atoms with Gasteiger partial charge in [0.1, 0.15) is 0 Å². The molecular formula is C17H21N5O2S2. The summed E-state index contributed by atoms with van der Waals surface area (Å²) in [6, 6.07) is 4.11. The number of aryl methyl sites for hydroxylation is 1. The van der Waals surface area contributed by atoms with Crippen LogP contribution < -0.4 is 0 Å². The van der Waals surface area contributed by atoms with Gasteiger partial charge < -0.3 is 9.26 Å². The molecule has 0 radical (unpaired) electrons. The van der Waals surface area contributed by atoms with Crippen LogP contribution in [0.2, 0.25) is 0 Å². The third kappa shape index (κ3) is 3.70. The first-order valence-corrected chi connectivity index (χ1v) is 10.6. The Morgan fingerprint density at radius 3 is 3.04 bits per heavy atom. The molecule has 4 rings (SSSR count). The van der Waals surface area contributed by atoms with E-state index >= 15 is 0 Å².